The van der Waals surface area contributed by atoms with Gasteiger partial charge in [-0.05, 0) is 0 Å². The van der Waals surface area contributed by atoms with Crippen LogP contribution in [0.4, 0.5) is 0 Å². The largest absolute Gasteiger partial charge is 2.00 e. The van der Waals surface area contributed by atoms with E-state index in [4.69, 9.17) is 0 Å². The zero-order chi connectivity index (χ0) is 0. The molecular formula is H4BaO4SrTi. The van der Waals surface area contributed by atoms with Crippen molar-refractivity contribution in [2.24, 2.45) is 0 Å². The first-order chi connectivity index (χ1) is 0. The van der Waals surface area contributed by atoms with Gasteiger partial charge in [-0.1, -0.05) is 0 Å². The maximum atomic E-state index is 0. The summed E-state index contributed by atoms with van der Waals surface area (Å²) >= 11 is 0. The van der Waals surface area contributed by atoms with Crippen molar-refractivity contribution in [1.82, 2.24) is 0 Å². The van der Waals surface area contributed by atoms with Crippen LogP contribution in [0.2, 0.25) is 0 Å². The molecule has 0 radical (unpaired) electrons. The maximum absolute atomic E-state index is 0. The van der Waals surface area contributed by atoms with E-state index in [1.54, 1.807) is 0 Å². The number of rotatable bonds is 0. The van der Waals surface area contributed by atoms with Gasteiger partial charge in [0.15, 0.2) is 0 Å². The summed E-state index contributed by atoms with van der Waals surface area (Å²) in [5.41, 5.74) is 0. The smallest absolute Gasteiger partial charge is 0.870 e. The van der Waals surface area contributed by atoms with Gasteiger partial charge in [0, 0.05) is 21.7 Å². The van der Waals surface area contributed by atoms with Gasteiger partial charge in [-0.15, -0.1) is 0 Å². The molecule has 0 fully saturated rings. The van der Waals surface area contributed by atoms with Crippen LogP contribution in [0.5, 0.6) is 0 Å². The van der Waals surface area contributed by atoms with Crippen molar-refractivity contribution in [3.05, 3.63) is 0 Å². The van der Waals surface area contributed by atoms with Gasteiger partial charge in [0.25, 0.3) is 0 Å². The summed E-state index contributed by atoms with van der Waals surface area (Å²) < 4.78 is 0. The first kappa shape index (κ1) is 75.3. The summed E-state index contributed by atoms with van der Waals surface area (Å²) in [7, 11) is 0. The molecule has 0 aromatic carbocycles. The maximum Gasteiger partial charge on any atom is 2.00 e. The molecule has 0 aliphatic rings. The first-order valence-electron chi connectivity index (χ1n) is 0. The van der Waals surface area contributed by atoms with Crippen molar-refractivity contribution in [1.29, 1.82) is 0 Å². The summed E-state index contributed by atoms with van der Waals surface area (Å²) in [5.74, 6) is 0. The second kappa shape index (κ2) is 54.7. The van der Waals surface area contributed by atoms with Gasteiger partial charge in [-0.2, -0.15) is 0 Å². The Kier molecular flexibility index (Phi) is 588. The Bertz CT molecular complexity index is 11.7. The van der Waals surface area contributed by atoms with E-state index < -0.39 is 0 Å². The van der Waals surface area contributed by atoms with Gasteiger partial charge >= 0.3 is 94.4 Å². The first-order valence-corrected chi connectivity index (χ1v) is 0. The average Bonchev–Trinajstić information content (AvgIpc) is 0. The fourth-order valence-electron chi connectivity index (χ4n) is 0. The van der Waals surface area contributed by atoms with Crippen molar-refractivity contribution in [2.45, 2.75) is 0 Å². The van der Waals surface area contributed by atoms with Crippen LogP contribution in [-0.2, 0) is 21.7 Å². The SMILES string of the molecule is [Ba+2].[OH-].[OH-].[OH-].[OH-].[Sr+2].[Ti]. The second-order valence-corrected chi connectivity index (χ2v) is 0. The monoisotopic (exact) mass is 342 g/mol. The third-order valence-corrected chi connectivity index (χ3v) is 0. The van der Waals surface area contributed by atoms with Crippen LogP contribution in [0.25, 0.3) is 0 Å². The Morgan fingerprint density at radius 1 is 0.571 bits per heavy atom. The van der Waals surface area contributed by atoms with E-state index in [2.05, 4.69) is 0 Å². The van der Waals surface area contributed by atoms with Crippen LogP contribution in [-0.4, -0.2) is 116 Å². The molecule has 4 nitrogen and oxygen atoms in total. The van der Waals surface area contributed by atoms with Crippen molar-refractivity contribution >= 4 is 94.4 Å². The summed E-state index contributed by atoms with van der Waals surface area (Å²) in [6, 6.07) is 0. The fraction of sp³-hybridized carbons (Fsp3) is 0. The molecule has 0 rings (SSSR count). The minimum atomic E-state index is 0. The fourth-order valence-corrected chi connectivity index (χ4v) is 0. The summed E-state index contributed by atoms with van der Waals surface area (Å²) in [6.45, 7) is 0. The van der Waals surface area contributed by atoms with Crippen LogP contribution in [0.1, 0.15) is 0 Å². The van der Waals surface area contributed by atoms with Crippen LogP contribution >= 0.6 is 0 Å². The van der Waals surface area contributed by atoms with Crippen molar-refractivity contribution in [3.8, 4) is 0 Å². The van der Waals surface area contributed by atoms with E-state index in [-0.39, 0.29) is 138 Å². The molecule has 0 aromatic rings. The Balaban J connectivity index is 0. The van der Waals surface area contributed by atoms with Crippen molar-refractivity contribution in [3.63, 3.8) is 0 Å². The van der Waals surface area contributed by atoms with Crippen LogP contribution in [0.15, 0.2) is 0 Å². The second-order valence-electron chi connectivity index (χ2n) is 0. The summed E-state index contributed by atoms with van der Waals surface area (Å²) in [6.07, 6.45) is 0. The van der Waals surface area contributed by atoms with Gasteiger partial charge in [-0.3, -0.25) is 0 Å². The molecule has 0 heterocycles. The van der Waals surface area contributed by atoms with Crippen molar-refractivity contribution in [2.75, 3.05) is 0 Å². The molecule has 7 heavy (non-hydrogen) atoms. The third-order valence-electron chi connectivity index (χ3n) is 0. The topological polar surface area (TPSA) is 120 Å². The van der Waals surface area contributed by atoms with E-state index in [0.717, 1.165) is 0 Å². The van der Waals surface area contributed by atoms with Gasteiger partial charge in [0.2, 0.25) is 0 Å². The van der Waals surface area contributed by atoms with Crippen LogP contribution in [0.3, 0.4) is 0 Å². The minimum absolute atomic E-state index is 0. The van der Waals surface area contributed by atoms with E-state index in [0.29, 0.717) is 0 Å². The molecule has 0 atom stereocenters. The van der Waals surface area contributed by atoms with Crippen LogP contribution in [0, 0.1) is 0 Å². The molecule has 0 spiro atoms. The standard InChI is InChI=1S/Ba.4H2O.Sr.Ti/h;4*1H2;;/q+2;;;;;+2;/p-4. The quantitative estimate of drug-likeness (QED) is 0.500. The average molecular weight is 341 g/mol. The van der Waals surface area contributed by atoms with Gasteiger partial charge in [0.1, 0.15) is 0 Å². The molecule has 0 aliphatic carbocycles. The van der Waals surface area contributed by atoms with E-state index in [1.165, 1.54) is 0 Å². The Morgan fingerprint density at radius 3 is 0.571 bits per heavy atom. The normalized spacial score (nSPS) is 0. The number of hydrogen-bond donors (Lipinski definition) is 0. The predicted molar refractivity (Wildman–Crippen MR) is 19.3 cm³/mol. The molecule has 36 valence electrons. The Labute approximate surface area is 134 Å². The molecule has 7 heteroatoms. The zero-order valence-electron chi connectivity index (χ0n) is 3.70. The van der Waals surface area contributed by atoms with Crippen LogP contribution < -0.4 is 0 Å². The van der Waals surface area contributed by atoms with E-state index in [1.807, 2.05) is 0 Å². The summed E-state index contributed by atoms with van der Waals surface area (Å²) in [4.78, 5) is 0. The molecule has 4 N–H and O–H groups in total. The van der Waals surface area contributed by atoms with E-state index >= 15 is 0 Å². The van der Waals surface area contributed by atoms with Gasteiger partial charge in [-0.25, -0.2) is 0 Å². The molecule has 0 saturated carbocycles. The molecule has 0 unspecified atom stereocenters. The zero-order valence-corrected chi connectivity index (χ0v) is 13.2. The molecule has 0 aromatic heterocycles. The Hall–Kier alpha value is 3.61. The van der Waals surface area contributed by atoms with Crippen molar-refractivity contribution < 1.29 is 43.6 Å². The minimum Gasteiger partial charge on any atom is -0.870 e. The molecule has 0 bridgehead atoms. The number of hydrogen-bond acceptors (Lipinski definition) is 4. The summed E-state index contributed by atoms with van der Waals surface area (Å²) in [5, 5.41) is 0. The van der Waals surface area contributed by atoms with Gasteiger partial charge in [0.05, 0.1) is 0 Å². The third kappa shape index (κ3) is 42.7. The Morgan fingerprint density at radius 2 is 0.571 bits per heavy atom. The molecule has 0 saturated heterocycles. The van der Waals surface area contributed by atoms with Gasteiger partial charge < -0.3 is 21.9 Å². The van der Waals surface area contributed by atoms with E-state index in [9.17, 15) is 0 Å². The molecule has 0 aliphatic heterocycles. The molecule has 0 amide bonds. The predicted octanol–water partition coefficient (Wildman–Crippen LogP) is -1.47. The molecular weight excluding hydrogens is 337 g/mol.